The molecule has 0 aliphatic carbocycles. The van der Waals surface area contributed by atoms with E-state index in [1.54, 1.807) is 24.3 Å². The van der Waals surface area contributed by atoms with Crippen molar-refractivity contribution >= 4 is 23.4 Å². The van der Waals surface area contributed by atoms with Gasteiger partial charge in [-0.05, 0) is 37.6 Å². The summed E-state index contributed by atoms with van der Waals surface area (Å²) < 4.78 is 11.2. The van der Waals surface area contributed by atoms with Gasteiger partial charge >= 0.3 is 0 Å². The fraction of sp³-hybridized carbons (Fsp3) is 0.143. The number of aryl methyl sites for hydroxylation is 2. The van der Waals surface area contributed by atoms with E-state index in [1.807, 2.05) is 44.2 Å². The van der Waals surface area contributed by atoms with E-state index in [1.165, 1.54) is 0 Å². The molecule has 6 heteroatoms. The number of nitriles is 1. The third-order valence-corrected chi connectivity index (χ3v) is 4.17. The smallest absolute Gasteiger partial charge is 0.264 e. The molecular formula is C21H17ClN2O3. The summed E-state index contributed by atoms with van der Waals surface area (Å²) in [6, 6.07) is 16.5. The van der Waals surface area contributed by atoms with E-state index in [4.69, 9.17) is 20.8 Å². The van der Waals surface area contributed by atoms with Crippen molar-refractivity contribution in [2.45, 2.75) is 13.8 Å². The van der Waals surface area contributed by atoms with Crippen molar-refractivity contribution in [2.75, 3.05) is 11.9 Å². The summed E-state index contributed by atoms with van der Waals surface area (Å²) in [5.74, 6) is 0.756. The number of ether oxygens (including phenoxy) is 1. The third-order valence-electron chi connectivity index (χ3n) is 3.94. The maximum absolute atomic E-state index is 12.2. The Kier molecular flexibility index (Phi) is 5.49. The van der Waals surface area contributed by atoms with Gasteiger partial charge in [-0.1, -0.05) is 41.4 Å². The Labute approximate surface area is 162 Å². The maximum Gasteiger partial charge on any atom is 0.264 e. The van der Waals surface area contributed by atoms with Crippen LogP contribution in [0.1, 0.15) is 16.7 Å². The fourth-order valence-electron chi connectivity index (χ4n) is 2.51. The molecule has 136 valence electrons. The number of halogens is 1. The van der Waals surface area contributed by atoms with Gasteiger partial charge in [-0.25, -0.2) is 0 Å². The van der Waals surface area contributed by atoms with Crippen LogP contribution in [0.15, 0.2) is 52.9 Å². The summed E-state index contributed by atoms with van der Waals surface area (Å²) in [6.07, 6.45) is 0. The van der Waals surface area contributed by atoms with Crippen molar-refractivity contribution in [3.63, 3.8) is 0 Å². The van der Waals surface area contributed by atoms with E-state index < -0.39 is 5.91 Å². The molecule has 2 aromatic carbocycles. The molecule has 0 atom stereocenters. The van der Waals surface area contributed by atoms with E-state index in [2.05, 4.69) is 5.32 Å². The van der Waals surface area contributed by atoms with Crippen LogP contribution in [-0.2, 0) is 4.79 Å². The molecule has 1 amide bonds. The van der Waals surface area contributed by atoms with Gasteiger partial charge in [0.25, 0.3) is 5.91 Å². The average Bonchev–Trinajstić information content (AvgIpc) is 3.04. The quantitative estimate of drug-likeness (QED) is 0.667. The Morgan fingerprint density at radius 1 is 1.19 bits per heavy atom. The van der Waals surface area contributed by atoms with Crippen LogP contribution in [0.2, 0.25) is 5.02 Å². The first-order valence-corrected chi connectivity index (χ1v) is 8.64. The number of nitrogens with zero attached hydrogens (tertiary/aromatic N) is 1. The normalized spacial score (nSPS) is 10.3. The zero-order valence-corrected chi connectivity index (χ0v) is 15.6. The van der Waals surface area contributed by atoms with Gasteiger partial charge < -0.3 is 9.15 Å². The average molecular weight is 381 g/mol. The van der Waals surface area contributed by atoms with Gasteiger partial charge in [-0.15, -0.1) is 0 Å². The number of amides is 1. The van der Waals surface area contributed by atoms with Gasteiger partial charge in [0.15, 0.2) is 6.61 Å². The van der Waals surface area contributed by atoms with Crippen molar-refractivity contribution < 1.29 is 13.9 Å². The zero-order chi connectivity index (χ0) is 19.4. The van der Waals surface area contributed by atoms with E-state index in [0.717, 1.165) is 16.7 Å². The summed E-state index contributed by atoms with van der Waals surface area (Å²) in [7, 11) is 0. The van der Waals surface area contributed by atoms with Crippen LogP contribution in [0.5, 0.6) is 5.75 Å². The number of carbonyl (C=O) groups excluding carboxylic acids is 1. The Bertz CT molecular complexity index is 1020. The molecule has 0 spiro atoms. The molecule has 1 N–H and O–H groups in total. The van der Waals surface area contributed by atoms with E-state index >= 15 is 0 Å². The number of nitrogens with one attached hydrogen (secondary N) is 1. The Balaban J connectivity index is 1.70. The molecule has 0 radical (unpaired) electrons. The highest BCUT2D eigenvalue weighted by molar-refractivity contribution is 6.30. The lowest BCUT2D eigenvalue weighted by Gasteiger charge is -2.09. The molecule has 1 heterocycles. The number of furan rings is 1. The summed E-state index contributed by atoms with van der Waals surface area (Å²) in [5.41, 5.74) is 3.02. The molecule has 3 aromatic rings. The van der Waals surface area contributed by atoms with Gasteiger partial charge in [0.2, 0.25) is 5.88 Å². The Hall–Kier alpha value is -3.23. The molecule has 5 nitrogen and oxygen atoms in total. The molecule has 0 fully saturated rings. The first-order chi connectivity index (χ1) is 13.0. The Morgan fingerprint density at radius 2 is 1.93 bits per heavy atom. The first kappa shape index (κ1) is 18.6. The molecule has 3 rings (SSSR count). The molecule has 0 unspecified atom stereocenters. The lowest BCUT2D eigenvalue weighted by molar-refractivity contribution is -0.118. The first-order valence-electron chi connectivity index (χ1n) is 8.26. The standard InChI is InChI=1S/C21H17ClN2O3/c1-13-3-5-15(6-4-13)19-10-16(11-23)21(27-19)24-20(25)12-26-18-8-7-17(22)9-14(18)2/h3-10H,12H2,1-2H3,(H,24,25). The van der Waals surface area contributed by atoms with Crippen molar-refractivity contribution in [3.8, 4) is 23.1 Å². The second-order valence-corrected chi connectivity index (χ2v) is 6.51. The minimum atomic E-state index is -0.425. The van der Waals surface area contributed by atoms with E-state index in [0.29, 0.717) is 16.5 Å². The summed E-state index contributed by atoms with van der Waals surface area (Å²) in [6.45, 7) is 3.61. The van der Waals surface area contributed by atoms with E-state index in [9.17, 15) is 10.1 Å². The number of hydrogen-bond acceptors (Lipinski definition) is 4. The number of anilines is 1. The van der Waals surface area contributed by atoms with Crippen LogP contribution >= 0.6 is 11.6 Å². The molecule has 27 heavy (non-hydrogen) atoms. The van der Waals surface area contributed by atoms with Gasteiger partial charge in [-0.3, -0.25) is 10.1 Å². The molecule has 0 saturated carbocycles. The lowest BCUT2D eigenvalue weighted by Crippen LogP contribution is -2.20. The van der Waals surface area contributed by atoms with Crippen LogP contribution < -0.4 is 10.1 Å². The Morgan fingerprint density at radius 3 is 2.59 bits per heavy atom. The number of rotatable bonds is 5. The second-order valence-electron chi connectivity index (χ2n) is 6.08. The van der Waals surface area contributed by atoms with Crippen molar-refractivity contribution in [3.05, 3.63) is 70.2 Å². The molecule has 0 aliphatic rings. The third kappa shape index (κ3) is 4.49. The molecule has 0 bridgehead atoms. The second kappa shape index (κ2) is 7.98. The molecule has 1 aromatic heterocycles. The maximum atomic E-state index is 12.2. The summed E-state index contributed by atoms with van der Waals surface area (Å²) in [4.78, 5) is 12.2. The molecule has 0 saturated heterocycles. The SMILES string of the molecule is Cc1ccc(-c2cc(C#N)c(NC(=O)COc3ccc(Cl)cc3C)o2)cc1. The van der Waals surface area contributed by atoms with Crippen molar-refractivity contribution in [1.29, 1.82) is 5.26 Å². The minimum Gasteiger partial charge on any atom is -0.483 e. The van der Waals surface area contributed by atoms with Crippen molar-refractivity contribution in [2.24, 2.45) is 0 Å². The fourth-order valence-corrected chi connectivity index (χ4v) is 2.73. The molecular weight excluding hydrogens is 364 g/mol. The zero-order valence-electron chi connectivity index (χ0n) is 14.9. The lowest BCUT2D eigenvalue weighted by atomic mass is 10.1. The highest BCUT2D eigenvalue weighted by Gasteiger charge is 2.15. The number of carbonyl (C=O) groups is 1. The monoisotopic (exact) mass is 380 g/mol. The topological polar surface area (TPSA) is 75.3 Å². The van der Waals surface area contributed by atoms with Gasteiger partial charge in [0.05, 0.1) is 0 Å². The largest absolute Gasteiger partial charge is 0.483 e. The van der Waals surface area contributed by atoms with Crippen LogP contribution in [-0.4, -0.2) is 12.5 Å². The van der Waals surface area contributed by atoms with Crippen molar-refractivity contribution in [1.82, 2.24) is 0 Å². The molecule has 0 aliphatic heterocycles. The number of hydrogen-bond donors (Lipinski definition) is 1. The van der Waals surface area contributed by atoms with Crippen LogP contribution in [0.4, 0.5) is 5.88 Å². The predicted octanol–water partition coefficient (Wildman–Crippen LogP) is 5.11. The van der Waals surface area contributed by atoms with Crippen LogP contribution in [0, 0.1) is 25.2 Å². The predicted molar refractivity (Wildman–Crippen MR) is 104 cm³/mol. The van der Waals surface area contributed by atoms with E-state index in [-0.39, 0.29) is 18.1 Å². The summed E-state index contributed by atoms with van der Waals surface area (Å²) in [5, 5.41) is 12.5. The summed E-state index contributed by atoms with van der Waals surface area (Å²) >= 11 is 5.90. The highest BCUT2D eigenvalue weighted by atomic mass is 35.5. The van der Waals surface area contributed by atoms with Gasteiger partial charge in [0, 0.05) is 16.7 Å². The minimum absolute atomic E-state index is 0.106. The van der Waals surface area contributed by atoms with Crippen LogP contribution in [0.3, 0.4) is 0 Å². The van der Waals surface area contributed by atoms with Crippen LogP contribution in [0.25, 0.3) is 11.3 Å². The van der Waals surface area contributed by atoms with Gasteiger partial charge in [-0.2, -0.15) is 5.26 Å². The van der Waals surface area contributed by atoms with Gasteiger partial charge in [0.1, 0.15) is 23.1 Å². The highest BCUT2D eigenvalue weighted by Crippen LogP contribution is 2.29. The number of benzene rings is 2.